The summed E-state index contributed by atoms with van der Waals surface area (Å²) in [6.45, 7) is 4.96. The Morgan fingerprint density at radius 1 is 1.43 bits per heavy atom. The van der Waals surface area contributed by atoms with Crippen molar-refractivity contribution in [2.45, 2.75) is 20.4 Å². The van der Waals surface area contributed by atoms with Gasteiger partial charge in [0.05, 0.1) is 0 Å². The van der Waals surface area contributed by atoms with E-state index in [1.165, 1.54) is 11.1 Å². The van der Waals surface area contributed by atoms with Gasteiger partial charge in [-0.1, -0.05) is 0 Å². The summed E-state index contributed by atoms with van der Waals surface area (Å²) in [7, 11) is 0. The SMILES string of the molecule is Cc1cnc(NCc2cscc2C)[nH]1. The van der Waals surface area contributed by atoms with Crippen LogP contribution in [0.25, 0.3) is 0 Å². The van der Waals surface area contributed by atoms with Crippen LogP contribution in [-0.4, -0.2) is 9.97 Å². The van der Waals surface area contributed by atoms with E-state index in [-0.39, 0.29) is 0 Å². The van der Waals surface area contributed by atoms with Gasteiger partial charge < -0.3 is 10.3 Å². The summed E-state index contributed by atoms with van der Waals surface area (Å²) in [5, 5.41) is 7.57. The Morgan fingerprint density at radius 3 is 2.86 bits per heavy atom. The van der Waals surface area contributed by atoms with E-state index < -0.39 is 0 Å². The molecule has 0 fully saturated rings. The number of H-pyrrole nitrogens is 1. The number of aryl methyl sites for hydroxylation is 2. The van der Waals surface area contributed by atoms with E-state index in [0.29, 0.717) is 0 Å². The van der Waals surface area contributed by atoms with Crippen molar-refractivity contribution in [3.8, 4) is 0 Å². The van der Waals surface area contributed by atoms with Gasteiger partial charge in [0.15, 0.2) is 0 Å². The summed E-state index contributed by atoms with van der Waals surface area (Å²) in [6.07, 6.45) is 1.82. The van der Waals surface area contributed by atoms with E-state index in [2.05, 4.69) is 33.0 Å². The predicted octanol–water partition coefficient (Wildman–Crippen LogP) is 2.70. The van der Waals surface area contributed by atoms with E-state index in [0.717, 1.165) is 18.2 Å². The van der Waals surface area contributed by atoms with Crippen LogP contribution in [0, 0.1) is 13.8 Å². The van der Waals surface area contributed by atoms with E-state index in [4.69, 9.17) is 0 Å². The van der Waals surface area contributed by atoms with Crippen LogP contribution in [-0.2, 0) is 6.54 Å². The molecule has 3 nitrogen and oxygen atoms in total. The number of anilines is 1. The Bertz CT molecular complexity index is 416. The number of hydrogen-bond acceptors (Lipinski definition) is 3. The van der Waals surface area contributed by atoms with Crippen LogP contribution in [0.4, 0.5) is 5.95 Å². The first kappa shape index (κ1) is 9.27. The number of thiophene rings is 1. The molecule has 2 aromatic heterocycles. The summed E-state index contributed by atoms with van der Waals surface area (Å²) in [5.74, 6) is 0.841. The molecule has 0 saturated carbocycles. The predicted molar refractivity (Wildman–Crippen MR) is 59.7 cm³/mol. The number of hydrogen-bond donors (Lipinski definition) is 2. The molecule has 2 heterocycles. The largest absolute Gasteiger partial charge is 0.352 e. The minimum absolute atomic E-state index is 0.836. The zero-order valence-electron chi connectivity index (χ0n) is 8.29. The quantitative estimate of drug-likeness (QED) is 0.812. The highest BCUT2D eigenvalue weighted by atomic mass is 32.1. The molecule has 0 amide bonds. The summed E-state index contributed by atoms with van der Waals surface area (Å²) in [6, 6.07) is 0. The lowest BCUT2D eigenvalue weighted by Crippen LogP contribution is -2.00. The van der Waals surface area contributed by atoms with Crippen molar-refractivity contribution < 1.29 is 0 Å². The van der Waals surface area contributed by atoms with E-state index >= 15 is 0 Å². The van der Waals surface area contributed by atoms with Crippen LogP contribution in [0.2, 0.25) is 0 Å². The molecule has 2 aromatic rings. The second kappa shape index (κ2) is 3.84. The summed E-state index contributed by atoms with van der Waals surface area (Å²) < 4.78 is 0. The molecule has 0 spiro atoms. The lowest BCUT2D eigenvalue weighted by atomic mass is 10.2. The maximum absolute atomic E-state index is 4.18. The highest BCUT2D eigenvalue weighted by Gasteiger charge is 2.00. The Balaban J connectivity index is 1.98. The fourth-order valence-corrected chi connectivity index (χ4v) is 2.11. The fraction of sp³-hybridized carbons (Fsp3) is 0.300. The second-order valence-electron chi connectivity index (χ2n) is 3.35. The van der Waals surface area contributed by atoms with Crippen molar-refractivity contribution >= 4 is 17.3 Å². The summed E-state index contributed by atoms with van der Waals surface area (Å²) in [5.41, 5.74) is 3.75. The summed E-state index contributed by atoms with van der Waals surface area (Å²) >= 11 is 1.74. The Hall–Kier alpha value is -1.29. The molecular weight excluding hydrogens is 194 g/mol. The van der Waals surface area contributed by atoms with Crippen LogP contribution in [0.5, 0.6) is 0 Å². The standard InChI is InChI=1S/C10H13N3S/c1-7-5-14-6-9(7)4-12-10-11-3-8(2)13-10/h3,5-6H,4H2,1-2H3,(H2,11,12,13). The van der Waals surface area contributed by atoms with Gasteiger partial charge in [-0.15, -0.1) is 0 Å². The van der Waals surface area contributed by atoms with Crippen molar-refractivity contribution in [3.63, 3.8) is 0 Å². The van der Waals surface area contributed by atoms with Crippen molar-refractivity contribution in [1.82, 2.24) is 9.97 Å². The number of rotatable bonds is 3. The highest BCUT2D eigenvalue weighted by molar-refractivity contribution is 7.08. The van der Waals surface area contributed by atoms with Gasteiger partial charge in [-0.25, -0.2) is 4.98 Å². The first-order valence-corrected chi connectivity index (χ1v) is 5.47. The maximum Gasteiger partial charge on any atom is 0.200 e. The van der Waals surface area contributed by atoms with Crippen LogP contribution in [0.1, 0.15) is 16.8 Å². The molecule has 4 heteroatoms. The van der Waals surface area contributed by atoms with Gasteiger partial charge in [-0.2, -0.15) is 11.3 Å². The topological polar surface area (TPSA) is 40.7 Å². The van der Waals surface area contributed by atoms with Gasteiger partial charge in [-0.3, -0.25) is 0 Å². The molecule has 0 atom stereocenters. The zero-order valence-corrected chi connectivity index (χ0v) is 9.11. The smallest absolute Gasteiger partial charge is 0.200 e. The molecule has 0 bridgehead atoms. The first-order valence-electron chi connectivity index (χ1n) is 4.53. The van der Waals surface area contributed by atoms with Crippen molar-refractivity contribution in [3.05, 3.63) is 33.8 Å². The Morgan fingerprint density at radius 2 is 2.29 bits per heavy atom. The molecule has 0 saturated heterocycles. The van der Waals surface area contributed by atoms with Gasteiger partial charge >= 0.3 is 0 Å². The molecular formula is C10H13N3S. The van der Waals surface area contributed by atoms with E-state index in [9.17, 15) is 0 Å². The average Bonchev–Trinajstić information content (AvgIpc) is 2.72. The average molecular weight is 207 g/mol. The lowest BCUT2D eigenvalue weighted by Gasteiger charge is -2.01. The van der Waals surface area contributed by atoms with Gasteiger partial charge in [-0.05, 0) is 35.7 Å². The number of nitrogens with zero attached hydrogens (tertiary/aromatic N) is 1. The molecule has 0 aliphatic carbocycles. The van der Waals surface area contributed by atoms with Crippen LogP contribution in [0.3, 0.4) is 0 Å². The van der Waals surface area contributed by atoms with Gasteiger partial charge in [0.2, 0.25) is 5.95 Å². The molecule has 0 aliphatic rings. The fourth-order valence-electron chi connectivity index (χ4n) is 1.25. The third kappa shape index (κ3) is 1.96. The van der Waals surface area contributed by atoms with E-state index in [1.807, 2.05) is 13.1 Å². The lowest BCUT2D eigenvalue weighted by molar-refractivity contribution is 1.08. The minimum atomic E-state index is 0.836. The minimum Gasteiger partial charge on any atom is -0.352 e. The third-order valence-electron chi connectivity index (χ3n) is 2.11. The van der Waals surface area contributed by atoms with Crippen LogP contribution in [0.15, 0.2) is 17.0 Å². The molecule has 0 aromatic carbocycles. The van der Waals surface area contributed by atoms with Gasteiger partial charge in [0.25, 0.3) is 0 Å². The van der Waals surface area contributed by atoms with Gasteiger partial charge in [0, 0.05) is 18.4 Å². The molecule has 0 radical (unpaired) electrons. The maximum atomic E-state index is 4.18. The Labute approximate surface area is 87.2 Å². The first-order chi connectivity index (χ1) is 6.75. The van der Waals surface area contributed by atoms with Crippen molar-refractivity contribution in [1.29, 1.82) is 0 Å². The van der Waals surface area contributed by atoms with Crippen LogP contribution < -0.4 is 5.32 Å². The molecule has 14 heavy (non-hydrogen) atoms. The monoisotopic (exact) mass is 207 g/mol. The highest BCUT2D eigenvalue weighted by Crippen LogP contribution is 2.14. The van der Waals surface area contributed by atoms with Crippen molar-refractivity contribution in [2.24, 2.45) is 0 Å². The van der Waals surface area contributed by atoms with E-state index in [1.54, 1.807) is 11.3 Å². The van der Waals surface area contributed by atoms with Crippen molar-refractivity contribution in [2.75, 3.05) is 5.32 Å². The number of nitrogens with one attached hydrogen (secondary N) is 2. The van der Waals surface area contributed by atoms with Gasteiger partial charge in [0.1, 0.15) is 0 Å². The van der Waals surface area contributed by atoms with Crippen LogP contribution >= 0.6 is 11.3 Å². The normalized spacial score (nSPS) is 10.4. The number of aromatic amines is 1. The zero-order chi connectivity index (χ0) is 9.97. The third-order valence-corrected chi connectivity index (χ3v) is 3.02. The number of imidazole rings is 1. The second-order valence-corrected chi connectivity index (χ2v) is 4.09. The molecule has 0 aliphatic heterocycles. The summed E-state index contributed by atoms with van der Waals surface area (Å²) in [4.78, 5) is 7.32. The number of aromatic nitrogens is 2. The molecule has 0 unspecified atom stereocenters. The molecule has 74 valence electrons. The Kier molecular flexibility index (Phi) is 2.54. The molecule has 2 N–H and O–H groups in total. The molecule has 2 rings (SSSR count).